The van der Waals surface area contributed by atoms with Crippen LogP contribution < -0.4 is 10.1 Å². The molecule has 0 fully saturated rings. The van der Waals surface area contributed by atoms with E-state index in [1.54, 1.807) is 6.92 Å². The summed E-state index contributed by atoms with van der Waals surface area (Å²) in [6.45, 7) is 1.65. The van der Waals surface area contributed by atoms with Crippen molar-refractivity contribution in [1.82, 2.24) is 20.5 Å². The second-order valence-corrected chi connectivity index (χ2v) is 3.96. The maximum atomic E-state index is 13.9. The van der Waals surface area contributed by atoms with Crippen LogP contribution in [-0.4, -0.2) is 28.2 Å². The summed E-state index contributed by atoms with van der Waals surface area (Å²) in [6, 6.07) is 2.08. The summed E-state index contributed by atoms with van der Waals surface area (Å²) in [5, 5.41) is 8.73. The van der Waals surface area contributed by atoms with Crippen LogP contribution in [0.15, 0.2) is 12.1 Å². The number of amides is 1. The minimum absolute atomic E-state index is 0.0424. The Morgan fingerprint density at radius 3 is 2.80 bits per heavy atom. The van der Waals surface area contributed by atoms with Crippen molar-refractivity contribution in [3.8, 4) is 5.75 Å². The zero-order valence-corrected chi connectivity index (χ0v) is 10.8. The van der Waals surface area contributed by atoms with Gasteiger partial charge in [-0.3, -0.25) is 9.89 Å². The summed E-state index contributed by atoms with van der Waals surface area (Å²) in [5.41, 5.74) is -0.698. The third-order valence-electron chi connectivity index (χ3n) is 2.55. The Morgan fingerprint density at radius 2 is 2.20 bits per heavy atom. The molecule has 0 aliphatic heterocycles. The molecule has 6 nitrogen and oxygen atoms in total. The molecular weight excluding hydrogens is 270 g/mol. The maximum absolute atomic E-state index is 13.9. The third-order valence-corrected chi connectivity index (χ3v) is 2.55. The summed E-state index contributed by atoms with van der Waals surface area (Å²) < 4.78 is 32.1. The van der Waals surface area contributed by atoms with E-state index in [1.807, 2.05) is 0 Å². The average Bonchev–Trinajstić information content (AvgIpc) is 2.82. The van der Waals surface area contributed by atoms with Crippen molar-refractivity contribution in [1.29, 1.82) is 0 Å². The number of halogens is 2. The van der Waals surface area contributed by atoms with Crippen molar-refractivity contribution in [3.05, 3.63) is 41.0 Å². The number of carbonyl (C=O) groups excluding carboxylic acids is 1. The van der Waals surface area contributed by atoms with Gasteiger partial charge < -0.3 is 10.1 Å². The number of ether oxygens (including phenoxy) is 1. The van der Waals surface area contributed by atoms with Crippen LogP contribution in [0, 0.1) is 18.6 Å². The Hall–Kier alpha value is -2.51. The monoisotopic (exact) mass is 282 g/mol. The van der Waals surface area contributed by atoms with Crippen molar-refractivity contribution < 1.29 is 18.3 Å². The molecule has 8 heteroatoms. The van der Waals surface area contributed by atoms with E-state index in [4.69, 9.17) is 4.74 Å². The van der Waals surface area contributed by atoms with Crippen LogP contribution in [0.5, 0.6) is 5.75 Å². The largest absolute Gasteiger partial charge is 0.494 e. The van der Waals surface area contributed by atoms with Gasteiger partial charge in [0.2, 0.25) is 0 Å². The molecule has 0 atom stereocenters. The Balaban J connectivity index is 2.16. The second kappa shape index (κ2) is 5.64. The zero-order valence-electron chi connectivity index (χ0n) is 10.8. The number of nitrogens with one attached hydrogen (secondary N) is 2. The molecule has 1 aromatic heterocycles. The molecule has 20 heavy (non-hydrogen) atoms. The molecule has 2 aromatic rings. The van der Waals surface area contributed by atoms with Gasteiger partial charge in [0.1, 0.15) is 17.2 Å². The molecule has 0 unspecified atom stereocenters. The Labute approximate surface area is 113 Å². The number of hydrogen-bond acceptors (Lipinski definition) is 4. The molecule has 0 radical (unpaired) electrons. The van der Waals surface area contributed by atoms with E-state index >= 15 is 0 Å². The number of aromatic amines is 1. The fourth-order valence-corrected chi connectivity index (χ4v) is 1.61. The van der Waals surface area contributed by atoms with E-state index in [1.165, 1.54) is 7.11 Å². The number of aryl methyl sites for hydroxylation is 1. The summed E-state index contributed by atoms with van der Waals surface area (Å²) in [7, 11) is 1.23. The van der Waals surface area contributed by atoms with Crippen LogP contribution in [0.4, 0.5) is 8.78 Å². The highest BCUT2D eigenvalue weighted by atomic mass is 19.1. The summed E-state index contributed by atoms with van der Waals surface area (Å²) in [5.74, 6) is -2.22. The molecular formula is C12H12F2N4O2. The molecule has 1 amide bonds. The van der Waals surface area contributed by atoms with Gasteiger partial charge in [0, 0.05) is 0 Å². The number of carbonyl (C=O) groups is 1. The van der Waals surface area contributed by atoms with Gasteiger partial charge in [0.05, 0.1) is 13.7 Å². The molecule has 0 saturated carbocycles. The Morgan fingerprint density at radius 1 is 1.45 bits per heavy atom. The van der Waals surface area contributed by atoms with Gasteiger partial charge in [0.25, 0.3) is 5.91 Å². The number of aromatic nitrogens is 3. The predicted octanol–water partition coefficient (Wildman–Crippen LogP) is 1.33. The summed E-state index contributed by atoms with van der Waals surface area (Å²) in [6.07, 6.45) is 0. The van der Waals surface area contributed by atoms with Crippen LogP contribution in [0.2, 0.25) is 0 Å². The molecule has 0 aliphatic carbocycles. The Bertz CT molecular complexity index is 642. The first-order chi connectivity index (χ1) is 9.52. The van der Waals surface area contributed by atoms with Crippen molar-refractivity contribution in [2.75, 3.05) is 7.11 Å². The molecule has 2 rings (SSSR count). The lowest BCUT2D eigenvalue weighted by Gasteiger charge is -2.08. The SMILES string of the molecule is COc1ccc(F)c(C(=O)NCc2n[nH]c(C)n2)c1F. The van der Waals surface area contributed by atoms with Crippen molar-refractivity contribution in [3.63, 3.8) is 0 Å². The molecule has 0 saturated heterocycles. The molecule has 1 heterocycles. The maximum Gasteiger partial charge on any atom is 0.257 e. The fraction of sp³-hybridized carbons (Fsp3) is 0.250. The summed E-state index contributed by atoms with van der Waals surface area (Å²) in [4.78, 5) is 15.8. The van der Waals surface area contributed by atoms with Crippen LogP contribution in [0.1, 0.15) is 22.0 Å². The average molecular weight is 282 g/mol. The topological polar surface area (TPSA) is 79.9 Å². The highest BCUT2D eigenvalue weighted by Gasteiger charge is 2.21. The number of benzene rings is 1. The van der Waals surface area contributed by atoms with Crippen LogP contribution in [0.3, 0.4) is 0 Å². The number of methoxy groups -OCH3 is 1. The van der Waals surface area contributed by atoms with E-state index in [0.717, 1.165) is 12.1 Å². The Kier molecular flexibility index (Phi) is 3.92. The molecule has 0 spiro atoms. The van der Waals surface area contributed by atoms with Crippen LogP contribution in [-0.2, 0) is 6.54 Å². The number of H-pyrrole nitrogens is 1. The second-order valence-electron chi connectivity index (χ2n) is 3.96. The van der Waals surface area contributed by atoms with Gasteiger partial charge in [-0.1, -0.05) is 0 Å². The van der Waals surface area contributed by atoms with Crippen LogP contribution >= 0.6 is 0 Å². The molecule has 0 bridgehead atoms. The van der Waals surface area contributed by atoms with E-state index in [9.17, 15) is 13.6 Å². The lowest BCUT2D eigenvalue weighted by Crippen LogP contribution is -2.25. The standard InChI is InChI=1S/C12H12F2N4O2/c1-6-16-9(18-17-6)5-15-12(19)10-7(13)3-4-8(20-2)11(10)14/h3-4H,5H2,1-2H3,(H,15,19)(H,16,17,18). The van der Waals surface area contributed by atoms with E-state index in [0.29, 0.717) is 11.6 Å². The number of hydrogen-bond donors (Lipinski definition) is 2. The quantitative estimate of drug-likeness (QED) is 0.886. The van der Waals surface area contributed by atoms with Gasteiger partial charge in [-0.15, -0.1) is 0 Å². The van der Waals surface area contributed by atoms with Gasteiger partial charge >= 0.3 is 0 Å². The first-order valence-corrected chi connectivity index (χ1v) is 5.71. The van der Waals surface area contributed by atoms with Gasteiger partial charge in [-0.25, -0.2) is 13.8 Å². The molecule has 1 aromatic carbocycles. The normalized spacial score (nSPS) is 10.4. The van der Waals surface area contributed by atoms with Crippen molar-refractivity contribution in [2.45, 2.75) is 13.5 Å². The van der Waals surface area contributed by atoms with E-state index < -0.39 is 23.1 Å². The minimum Gasteiger partial charge on any atom is -0.494 e. The van der Waals surface area contributed by atoms with Crippen molar-refractivity contribution in [2.24, 2.45) is 0 Å². The first kappa shape index (κ1) is 13.9. The highest BCUT2D eigenvalue weighted by molar-refractivity contribution is 5.95. The van der Waals surface area contributed by atoms with Gasteiger partial charge in [0.15, 0.2) is 17.4 Å². The smallest absolute Gasteiger partial charge is 0.257 e. The lowest BCUT2D eigenvalue weighted by atomic mass is 10.1. The highest BCUT2D eigenvalue weighted by Crippen LogP contribution is 2.22. The predicted molar refractivity (Wildman–Crippen MR) is 65.2 cm³/mol. The van der Waals surface area contributed by atoms with Gasteiger partial charge in [-0.2, -0.15) is 5.10 Å². The first-order valence-electron chi connectivity index (χ1n) is 5.71. The number of nitrogens with zero attached hydrogens (tertiary/aromatic N) is 2. The van der Waals surface area contributed by atoms with Gasteiger partial charge in [-0.05, 0) is 19.1 Å². The lowest BCUT2D eigenvalue weighted by molar-refractivity contribution is 0.0940. The summed E-state index contributed by atoms with van der Waals surface area (Å²) >= 11 is 0. The fourth-order valence-electron chi connectivity index (χ4n) is 1.61. The minimum atomic E-state index is -1.05. The zero-order chi connectivity index (χ0) is 14.7. The molecule has 0 aliphatic rings. The third kappa shape index (κ3) is 2.73. The van der Waals surface area contributed by atoms with E-state index in [-0.39, 0.29) is 12.3 Å². The number of rotatable bonds is 4. The molecule has 2 N–H and O–H groups in total. The molecule has 106 valence electrons. The van der Waals surface area contributed by atoms with Crippen molar-refractivity contribution >= 4 is 5.91 Å². The van der Waals surface area contributed by atoms with E-state index in [2.05, 4.69) is 20.5 Å². The van der Waals surface area contributed by atoms with Crippen LogP contribution in [0.25, 0.3) is 0 Å².